The number of amides is 3. The third-order valence-corrected chi connectivity index (χ3v) is 4.55. The fourth-order valence-electron chi connectivity index (χ4n) is 3.47. The molecule has 0 aromatic heterocycles. The maximum absolute atomic E-state index is 12.0. The summed E-state index contributed by atoms with van der Waals surface area (Å²) in [5.74, 6) is -0.0498. The van der Waals surface area contributed by atoms with Crippen molar-refractivity contribution in [3.05, 3.63) is 0 Å². The minimum Gasteiger partial charge on any atom is -0.464 e. The van der Waals surface area contributed by atoms with E-state index in [1.54, 1.807) is 25.7 Å². The summed E-state index contributed by atoms with van der Waals surface area (Å²) in [6, 6.07) is -0.672. The lowest BCUT2D eigenvalue weighted by atomic mass is 9.79. The SMILES string of the molecule is CC(=O)N1CCC(N(C(=O)O)N(C(=O)O)C(C)(C)C)CC1C(C)(C)C. The number of carbonyl (C=O) groups is 3. The zero-order valence-electron chi connectivity index (χ0n) is 16.2. The van der Waals surface area contributed by atoms with Crippen LogP contribution in [0.1, 0.15) is 61.3 Å². The van der Waals surface area contributed by atoms with E-state index >= 15 is 0 Å². The number of nitrogens with zero attached hydrogens (tertiary/aromatic N) is 3. The van der Waals surface area contributed by atoms with E-state index in [9.17, 15) is 24.6 Å². The predicted molar refractivity (Wildman–Crippen MR) is 93.1 cm³/mol. The molecule has 0 aromatic rings. The van der Waals surface area contributed by atoms with Crippen LogP contribution in [0.4, 0.5) is 9.59 Å². The molecule has 1 saturated heterocycles. The van der Waals surface area contributed by atoms with E-state index in [2.05, 4.69) is 0 Å². The molecule has 2 N–H and O–H groups in total. The number of likely N-dealkylation sites (tertiary alicyclic amines) is 1. The molecule has 144 valence electrons. The van der Waals surface area contributed by atoms with Crippen molar-refractivity contribution in [1.82, 2.24) is 14.9 Å². The number of rotatable bonds is 1. The molecule has 8 nitrogen and oxygen atoms in total. The minimum atomic E-state index is -1.31. The van der Waals surface area contributed by atoms with Gasteiger partial charge in [-0.15, -0.1) is 0 Å². The first-order valence-corrected chi connectivity index (χ1v) is 8.50. The van der Waals surface area contributed by atoms with Crippen molar-refractivity contribution in [3.63, 3.8) is 0 Å². The van der Waals surface area contributed by atoms with E-state index in [-0.39, 0.29) is 17.4 Å². The van der Waals surface area contributed by atoms with Crippen LogP contribution < -0.4 is 0 Å². The second kappa shape index (κ2) is 7.09. The lowest BCUT2D eigenvalue weighted by molar-refractivity contribution is -0.140. The van der Waals surface area contributed by atoms with E-state index in [1.807, 2.05) is 20.8 Å². The summed E-state index contributed by atoms with van der Waals surface area (Å²) >= 11 is 0. The number of hydrogen-bond acceptors (Lipinski definition) is 3. The molecule has 0 radical (unpaired) electrons. The molecule has 0 bridgehead atoms. The zero-order valence-corrected chi connectivity index (χ0v) is 16.2. The molecular formula is C17H31N3O5. The van der Waals surface area contributed by atoms with Gasteiger partial charge in [0.25, 0.3) is 0 Å². The number of carboxylic acid groups (broad SMARTS) is 2. The molecule has 1 rings (SSSR count). The van der Waals surface area contributed by atoms with Crippen LogP contribution in [0, 0.1) is 5.41 Å². The van der Waals surface area contributed by atoms with Crippen molar-refractivity contribution in [3.8, 4) is 0 Å². The Labute approximate surface area is 149 Å². The third kappa shape index (κ3) is 4.76. The summed E-state index contributed by atoms with van der Waals surface area (Å²) in [5.41, 5.74) is -1.15. The third-order valence-electron chi connectivity index (χ3n) is 4.55. The summed E-state index contributed by atoms with van der Waals surface area (Å²) in [6.07, 6.45) is -1.81. The van der Waals surface area contributed by atoms with E-state index in [0.29, 0.717) is 19.4 Å². The van der Waals surface area contributed by atoms with Gasteiger partial charge in [0.15, 0.2) is 0 Å². The van der Waals surface area contributed by atoms with E-state index < -0.39 is 23.8 Å². The largest absolute Gasteiger partial charge is 0.464 e. The highest BCUT2D eigenvalue weighted by molar-refractivity contribution is 5.74. The van der Waals surface area contributed by atoms with Crippen LogP contribution in [-0.2, 0) is 4.79 Å². The number of hydrazine groups is 1. The topological polar surface area (TPSA) is 101 Å². The Bertz CT molecular complexity index is 535. The molecule has 3 amide bonds. The highest BCUT2D eigenvalue weighted by Crippen LogP contribution is 2.35. The van der Waals surface area contributed by atoms with Gasteiger partial charge in [-0.25, -0.2) is 19.6 Å². The van der Waals surface area contributed by atoms with Crippen LogP contribution in [-0.4, -0.2) is 67.4 Å². The Kier molecular flexibility index (Phi) is 5.97. The van der Waals surface area contributed by atoms with Crippen LogP contribution in [0.5, 0.6) is 0 Å². The first kappa shape index (κ1) is 21.1. The molecule has 1 fully saturated rings. The van der Waals surface area contributed by atoms with Gasteiger partial charge in [-0.2, -0.15) is 0 Å². The number of piperidine rings is 1. The van der Waals surface area contributed by atoms with Gasteiger partial charge in [-0.05, 0) is 39.0 Å². The molecule has 0 saturated carbocycles. The lowest BCUT2D eigenvalue weighted by Crippen LogP contribution is -2.64. The Morgan fingerprint density at radius 1 is 1.00 bits per heavy atom. The number of carbonyl (C=O) groups excluding carboxylic acids is 1. The van der Waals surface area contributed by atoms with Crippen molar-refractivity contribution in [2.45, 2.75) is 78.9 Å². The van der Waals surface area contributed by atoms with Crippen molar-refractivity contribution in [1.29, 1.82) is 0 Å². The predicted octanol–water partition coefficient (Wildman–Crippen LogP) is 3.09. The smallest absolute Gasteiger partial charge is 0.427 e. The Hall–Kier alpha value is -1.99. The maximum atomic E-state index is 12.0. The number of hydrogen-bond donors (Lipinski definition) is 2. The molecule has 25 heavy (non-hydrogen) atoms. The van der Waals surface area contributed by atoms with Crippen LogP contribution in [0.3, 0.4) is 0 Å². The van der Waals surface area contributed by atoms with E-state index in [4.69, 9.17) is 0 Å². The maximum Gasteiger partial charge on any atom is 0.427 e. The summed E-state index contributed by atoms with van der Waals surface area (Å²) in [5, 5.41) is 21.1. The van der Waals surface area contributed by atoms with Crippen LogP contribution in [0.15, 0.2) is 0 Å². The molecule has 0 aliphatic carbocycles. The van der Waals surface area contributed by atoms with Gasteiger partial charge >= 0.3 is 12.2 Å². The molecule has 2 unspecified atom stereocenters. The summed E-state index contributed by atoms with van der Waals surface area (Å²) in [6.45, 7) is 12.9. The highest BCUT2D eigenvalue weighted by atomic mass is 16.4. The second-order valence-corrected chi connectivity index (χ2v) is 8.66. The van der Waals surface area contributed by atoms with E-state index in [1.165, 1.54) is 6.92 Å². The van der Waals surface area contributed by atoms with E-state index in [0.717, 1.165) is 10.0 Å². The molecule has 8 heteroatoms. The summed E-state index contributed by atoms with van der Waals surface area (Å²) in [7, 11) is 0. The molecule has 0 aromatic carbocycles. The monoisotopic (exact) mass is 357 g/mol. The molecule has 1 aliphatic rings. The fourth-order valence-corrected chi connectivity index (χ4v) is 3.47. The van der Waals surface area contributed by atoms with Gasteiger partial charge in [0, 0.05) is 19.5 Å². The Morgan fingerprint density at radius 2 is 1.52 bits per heavy atom. The summed E-state index contributed by atoms with van der Waals surface area (Å²) < 4.78 is 0. The van der Waals surface area contributed by atoms with Crippen molar-refractivity contribution < 1.29 is 24.6 Å². The second-order valence-electron chi connectivity index (χ2n) is 8.66. The van der Waals surface area contributed by atoms with Gasteiger partial charge in [-0.3, -0.25) is 4.79 Å². The van der Waals surface area contributed by atoms with Crippen molar-refractivity contribution >= 4 is 18.1 Å². The average molecular weight is 357 g/mol. The average Bonchev–Trinajstić information content (AvgIpc) is 2.40. The zero-order chi connectivity index (χ0) is 19.7. The first-order valence-electron chi connectivity index (χ1n) is 8.50. The van der Waals surface area contributed by atoms with Crippen molar-refractivity contribution in [2.75, 3.05) is 6.54 Å². The van der Waals surface area contributed by atoms with Gasteiger partial charge in [0.1, 0.15) is 0 Å². The molecular weight excluding hydrogens is 326 g/mol. The normalized spacial score (nSPS) is 21.6. The van der Waals surface area contributed by atoms with Gasteiger partial charge < -0.3 is 15.1 Å². The van der Waals surface area contributed by atoms with Gasteiger partial charge in [0.05, 0.1) is 11.6 Å². The standard InChI is InChI=1S/C17H31N3O5/c1-11(21)18-9-8-12(10-13(18)16(2,3)4)19(14(22)23)20(15(24)25)17(5,6)7/h12-13H,8-10H2,1-7H3,(H,22,23)(H,24,25). The quantitative estimate of drug-likeness (QED) is 0.702. The first-order chi connectivity index (χ1) is 11.2. The van der Waals surface area contributed by atoms with Gasteiger partial charge in [-0.1, -0.05) is 20.8 Å². The molecule has 2 atom stereocenters. The Balaban J connectivity index is 3.24. The van der Waals surface area contributed by atoms with Crippen molar-refractivity contribution in [2.24, 2.45) is 5.41 Å². The minimum absolute atomic E-state index is 0.0498. The highest BCUT2D eigenvalue weighted by Gasteiger charge is 2.45. The lowest BCUT2D eigenvalue weighted by Gasteiger charge is -2.50. The van der Waals surface area contributed by atoms with Crippen LogP contribution in [0.25, 0.3) is 0 Å². The van der Waals surface area contributed by atoms with Gasteiger partial charge in [0.2, 0.25) is 5.91 Å². The van der Waals surface area contributed by atoms with Crippen LogP contribution >= 0.6 is 0 Å². The summed E-state index contributed by atoms with van der Waals surface area (Å²) in [4.78, 5) is 37.4. The Morgan fingerprint density at radius 3 is 1.84 bits per heavy atom. The molecule has 1 heterocycles. The molecule has 1 aliphatic heterocycles. The molecule has 0 spiro atoms. The fraction of sp³-hybridized carbons (Fsp3) is 0.824. The van der Waals surface area contributed by atoms with Crippen LogP contribution in [0.2, 0.25) is 0 Å².